The van der Waals surface area contributed by atoms with Crippen molar-refractivity contribution < 1.29 is 8.42 Å². The summed E-state index contributed by atoms with van der Waals surface area (Å²) in [4.78, 5) is 10.7. The number of sulfonamides is 1. The lowest BCUT2D eigenvalue weighted by atomic mass is 10.1. The summed E-state index contributed by atoms with van der Waals surface area (Å²) in [6.07, 6.45) is 4.94. The Bertz CT molecular complexity index is 854. The Morgan fingerprint density at radius 2 is 2.07 bits per heavy atom. The van der Waals surface area contributed by atoms with E-state index in [0.717, 1.165) is 25.9 Å². The molecule has 1 aliphatic heterocycles. The molecule has 0 atom stereocenters. The van der Waals surface area contributed by atoms with Gasteiger partial charge >= 0.3 is 0 Å². The minimum atomic E-state index is -3.54. The van der Waals surface area contributed by atoms with Gasteiger partial charge in [0.05, 0.1) is 5.00 Å². The van der Waals surface area contributed by atoms with Crippen LogP contribution in [0.2, 0.25) is 0 Å². The van der Waals surface area contributed by atoms with E-state index in [-0.39, 0.29) is 35.4 Å². The third-order valence-electron chi connectivity index (χ3n) is 4.53. The number of hydrogen-bond donors (Lipinski definition) is 3. The van der Waals surface area contributed by atoms with Crippen LogP contribution in [0.3, 0.4) is 0 Å². The van der Waals surface area contributed by atoms with Gasteiger partial charge < -0.3 is 15.5 Å². The molecule has 2 aromatic heterocycles. The molecule has 0 radical (unpaired) electrons. The molecule has 0 aromatic carbocycles. The van der Waals surface area contributed by atoms with Crippen molar-refractivity contribution in [2.24, 2.45) is 4.99 Å². The highest BCUT2D eigenvalue weighted by molar-refractivity contribution is 14.0. The standard InChI is InChI=1S/C18H26N6O2S2.HI/c1-19-18(21-9-10-22-28(25,26)16-4-2-8-20-14-16)23-15-6-11-24(12-7-15)17-5-3-13-27-17;/h2-5,8,13-15,22H,6-7,9-12H2,1H3,(H2,19,21,23);1H. The number of aliphatic imine (C=N–C) groups is 1. The van der Waals surface area contributed by atoms with Crippen molar-refractivity contribution in [2.45, 2.75) is 23.8 Å². The maximum atomic E-state index is 12.2. The van der Waals surface area contributed by atoms with Gasteiger partial charge in [0.15, 0.2) is 5.96 Å². The van der Waals surface area contributed by atoms with Crippen LogP contribution in [-0.4, -0.2) is 58.6 Å². The molecule has 1 saturated heterocycles. The largest absolute Gasteiger partial charge is 0.363 e. The van der Waals surface area contributed by atoms with E-state index >= 15 is 0 Å². The van der Waals surface area contributed by atoms with Gasteiger partial charge in [-0.15, -0.1) is 35.3 Å². The van der Waals surface area contributed by atoms with Crippen LogP contribution in [0.15, 0.2) is 51.9 Å². The van der Waals surface area contributed by atoms with Crippen molar-refractivity contribution in [1.29, 1.82) is 0 Å². The lowest BCUT2D eigenvalue weighted by molar-refractivity contribution is 0.463. The summed E-state index contributed by atoms with van der Waals surface area (Å²) in [6, 6.07) is 7.72. The van der Waals surface area contributed by atoms with Crippen molar-refractivity contribution in [3.05, 3.63) is 42.0 Å². The fourth-order valence-corrected chi connectivity index (χ4v) is 4.82. The van der Waals surface area contributed by atoms with Gasteiger partial charge in [-0.2, -0.15) is 0 Å². The van der Waals surface area contributed by atoms with Gasteiger partial charge in [0.1, 0.15) is 4.90 Å². The normalized spacial score (nSPS) is 15.6. The first-order chi connectivity index (χ1) is 13.6. The van der Waals surface area contributed by atoms with Crippen LogP contribution in [0.1, 0.15) is 12.8 Å². The maximum Gasteiger partial charge on any atom is 0.242 e. The molecule has 0 amide bonds. The van der Waals surface area contributed by atoms with Gasteiger partial charge in [0, 0.05) is 51.7 Å². The summed E-state index contributed by atoms with van der Waals surface area (Å²) in [5.41, 5.74) is 0. The second-order valence-electron chi connectivity index (χ2n) is 6.44. The SMILES string of the molecule is CN=C(NCCNS(=O)(=O)c1cccnc1)NC1CCN(c2cccs2)CC1.I. The average Bonchev–Trinajstić information content (AvgIpc) is 3.26. The highest BCUT2D eigenvalue weighted by Crippen LogP contribution is 2.24. The van der Waals surface area contributed by atoms with E-state index in [1.807, 2.05) is 0 Å². The van der Waals surface area contributed by atoms with Gasteiger partial charge in [-0.05, 0) is 42.5 Å². The lowest BCUT2D eigenvalue weighted by Gasteiger charge is -2.33. The molecular formula is C18H27IN6O2S2. The van der Waals surface area contributed by atoms with Gasteiger partial charge in [0.2, 0.25) is 10.0 Å². The molecule has 0 aliphatic carbocycles. The predicted octanol–water partition coefficient (Wildman–Crippen LogP) is 1.87. The monoisotopic (exact) mass is 550 g/mol. The van der Waals surface area contributed by atoms with E-state index in [1.54, 1.807) is 30.6 Å². The summed E-state index contributed by atoms with van der Waals surface area (Å²) in [5.74, 6) is 0.690. The van der Waals surface area contributed by atoms with Crippen LogP contribution in [0.25, 0.3) is 0 Å². The number of piperidine rings is 1. The number of hydrogen-bond acceptors (Lipinski definition) is 6. The number of halogens is 1. The lowest BCUT2D eigenvalue weighted by Crippen LogP contribution is -2.49. The highest BCUT2D eigenvalue weighted by atomic mass is 127. The molecule has 29 heavy (non-hydrogen) atoms. The zero-order valence-corrected chi connectivity index (χ0v) is 20.2. The maximum absolute atomic E-state index is 12.2. The molecule has 0 saturated carbocycles. The fraction of sp³-hybridized carbons (Fsp3) is 0.444. The van der Waals surface area contributed by atoms with Crippen LogP contribution in [-0.2, 0) is 10.0 Å². The molecule has 1 aliphatic rings. The van der Waals surface area contributed by atoms with Crippen LogP contribution >= 0.6 is 35.3 Å². The Hall–Kier alpha value is -1.44. The van der Waals surface area contributed by atoms with Gasteiger partial charge in [-0.1, -0.05) is 0 Å². The van der Waals surface area contributed by atoms with E-state index in [4.69, 9.17) is 0 Å². The molecule has 160 valence electrons. The van der Waals surface area contributed by atoms with E-state index in [1.165, 1.54) is 17.3 Å². The predicted molar refractivity (Wildman–Crippen MR) is 129 cm³/mol. The Morgan fingerprint density at radius 1 is 1.28 bits per heavy atom. The van der Waals surface area contributed by atoms with E-state index in [9.17, 15) is 8.42 Å². The summed E-state index contributed by atoms with van der Waals surface area (Å²) < 4.78 is 26.9. The van der Waals surface area contributed by atoms with Crippen LogP contribution in [0.4, 0.5) is 5.00 Å². The van der Waals surface area contributed by atoms with E-state index in [0.29, 0.717) is 18.5 Å². The van der Waals surface area contributed by atoms with Crippen LogP contribution in [0.5, 0.6) is 0 Å². The van der Waals surface area contributed by atoms with E-state index < -0.39 is 10.0 Å². The Balaban J connectivity index is 0.00000300. The number of nitrogens with one attached hydrogen (secondary N) is 3. The van der Waals surface area contributed by atoms with E-state index in [2.05, 4.69) is 47.7 Å². The minimum Gasteiger partial charge on any atom is -0.363 e. The molecule has 3 heterocycles. The molecule has 0 spiro atoms. The first-order valence-electron chi connectivity index (χ1n) is 9.24. The molecule has 0 bridgehead atoms. The second kappa shape index (κ2) is 11.7. The second-order valence-corrected chi connectivity index (χ2v) is 9.14. The quantitative estimate of drug-likeness (QED) is 0.211. The van der Waals surface area contributed by atoms with Crippen molar-refractivity contribution >= 4 is 56.3 Å². The Kier molecular flexibility index (Phi) is 9.59. The molecule has 3 N–H and O–H groups in total. The van der Waals surface area contributed by atoms with Crippen LogP contribution < -0.4 is 20.3 Å². The molecule has 11 heteroatoms. The molecule has 3 rings (SSSR count). The number of rotatable bonds is 7. The number of anilines is 1. The molecular weight excluding hydrogens is 523 g/mol. The third-order valence-corrected chi connectivity index (χ3v) is 6.91. The first-order valence-corrected chi connectivity index (χ1v) is 11.6. The van der Waals surface area contributed by atoms with Crippen LogP contribution in [0, 0.1) is 0 Å². The number of nitrogens with zero attached hydrogens (tertiary/aromatic N) is 3. The summed E-state index contributed by atoms with van der Waals surface area (Å²) in [5, 5.41) is 10.0. The van der Waals surface area contributed by atoms with Crippen molar-refractivity contribution in [3.63, 3.8) is 0 Å². The number of aromatic nitrogens is 1. The average molecular weight is 550 g/mol. The Labute approximate surface area is 193 Å². The summed E-state index contributed by atoms with van der Waals surface area (Å²) in [6.45, 7) is 2.72. The molecule has 1 fully saturated rings. The number of guanidine groups is 1. The first kappa shape index (κ1) is 23.8. The third kappa shape index (κ3) is 7.08. The van der Waals surface area contributed by atoms with Gasteiger partial charge in [-0.3, -0.25) is 9.98 Å². The van der Waals surface area contributed by atoms with Gasteiger partial charge in [-0.25, -0.2) is 13.1 Å². The van der Waals surface area contributed by atoms with Crippen molar-refractivity contribution in [3.8, 4) is 0 Å². The molecule has 8 nitrogen and oxygen atoms in total. The zero-order valence-electron chi connectivity index (χ0n) is 16.2. The summed E-state index contributed by atoms with van der Waals surface area (Å²) in [7, 11) is -1.82. The van der Waals surface area contributed by atoms with Crippen molar-refractivity contribution in [1.82, 2.24) is 20.3 Å². The summed E-state index contributed by atoms with van der Waals surface area (Å²) >= 11 is 1.77. The topological polar surface area (TPSA) is 98.7 Å². The number of pyridine rings is 1. The van der Waals surface area contributed by atoms with Gasteiger partial charge in [0.25, 0.3) is 0 Å². The number of thiophene rings is 1. The molecule has 2 aromatic rings. The fourth-order valence-electron chi connectivity index (χ4n) is 3.04. The minimum absolute atomic E-state index is 0. The van der Waals surface area contributed by atoms with Crippen molar-refractivity contribution in [2.75, 3.05) is 38.1 Å². The molecule has 0 unspecified atom stereocenters. The highest BCUT2D eigenvalue weighted by Gasteiger charge is 2.20. The smallest absolute Gasteiger partial charge is 0.242 e. The Morgan fingerprint density at radius 3 is 2.69 bits per heavy atom. The zero-order chi connectivity index (χ0) is 19.8.